The van der Waals surface area contributed by atoms with E-state index >= 15 is 0 Å². The Hall–Kier alpha value is -3.10. The average Bonchev–Trinajstić information content (AvgIpc) is 2.65. The van der Waals surface area contributed by atoms with Crippen molar-refractivity contribution in [3.05, 3.63) is 48.2 Å². The Labute approximate surface area is 160 Å². The third kappa shape index (κ3) is 5.70. The topological polar surface area (TPSA) is 74.3 Å². The Morgan fingerprint density at radius 3 is 2.50 bits per heavy atom. The Balaban J connectivity index is 0.000000878. The van der Waals surface area contributed by atoms with E-state index in [9.17, 15) is 22.8 Å². The standard InChI is InChI=1S/C16H13F3N4O2.C3H8/c17-16(18,19)9-21-13-6-5-10(7-20-13)15(25)23-8-14(24)22-11-3-1-2-4-12(11)23;1-3-2/h1-7H,8-9H2,(H,20,21)(H,22,24);3H2,1-2H3. The molecule has 1 aliphatic rings. The monoisotopic (exact) mass is 394 g/mol. The molecule has 28 heavy (non-hydrogen) atoms. The van der Waals surface area contributed by atoms with Crippen LogP contribution in [-0.4, -0.2) is 36.1 Å². The van der Waals surface area contributed by atoms with Crippen LogP contribution in [0.5, 0.6) is 0 Å². The highest BCUT2D eigenvalue weighted by Gasteiger charge is 2.28. The number of halogens is 3. The quantitative estimate of drug-likeness (QED) is 0.823. The summed E-state index contributed by atoms with van der Waals surface area (Å²) < 4.78 is 36.5. The highest BCUT2D eigenvalue weighted by Crippen LogP contribution is 2.30. The molecule has 2 heterocycles. The van der Waals surface area contributed by atoms with E-state index in [-0.39, 0.29) is 23.8 Å². The molecule has 9 heteroatoms. The van der Waals surface area contributed by atoms with Gasteiger partial charge in [-0.25, -0.2) is 4.98 Å². The number of nitrogens with one attached hydrogen (secondary N) is 2. The maximum absolute atomic E-state index is 12.6. The van der Waals surface area contributed by atoms with Gasteiger partial charge in [0.25, 0.3) is 5.91 Å². The molecule has 0 aliphatic carbocycles. The van der Waals surface area contributed by atoms with Crippen LogP contribution in [0, 0.1) is 0 Å². The van der Waals surface area contributed by atoms with E-state index in [0.29, 0.717) is 11.4 Å². The number of carbonyl (C=O) groups excluding carboxylic acids is 2. The largest absolute Gasteiger partial charge is 0.405 e. The second-order valence-electron chi connectivity index (χ2n) is 6.06. The first-order valence-corrected chi connectivity index (χ1v) is 8.72. The molecule has 0 radical (unpaired) electrons. The van der Waals surface area contributed by atoms with Crippen molar-refractivity contribution in [3.63, 3.8) is 0 Å². The normalized spacial score (nSPS) is 13.0. The molecule has 0 fully saturated rings. The van der Waals surface area contributed by atoms with Crippen LogP contribution < -0.4 is 15.5 Å². The van der Waals surface area contributed by atoms with Crippen LogP contribution in [-0.2, 0) is 4.79 Å². The van der Waals surface area contributed by atoms with Gasteiger partial charge in [-0.1, -0.05) is 32.4 Å². The highest BCUT2D eigenvalue weighted by atomic mass is 19.4. The fourth-order valence-corrected chi connectivity index (χ4v) is 2.39. The molecule has 0 bridgehead atoms. The number of hydrogen-bond donors (Lipinski definition) is 2. The fourth-order valence-electron chi connectivity index (χ4n) is 2.39. The number of benzene rings is 1. The van der Waals surface area contributed by atoms with E-state index in [0.717, 1.165) is 0 Å². The van der Waals surface area contributed by atoms with Crippen molar-refractivity contribution in [2.45, 2.75) is 26.4 Å². The second-order valence-corrected chi connectivity index (χ2v) is 6.06. The van der Waals surface area contributed by atoms with E-state index in [1.165, 1.54) is 29.7 Å². The van der Waals surface area contributed by atoms with Crippen molar-refractivity contribution in [1.29, 1.82) is 0 Å². The fraction of sp³-hybridized carbons (Fsp3) is 0.316. The molecule has 1 aromatic heterocycles. The van der Waals surface area contributed by atoms with E-state index in [1.807, 2.05) is 0 Å². The smallest absolute Gasteiger partial charge is 0.361 e. The molecular formula is C19H21F3N4O2. The molecule has 0 unspecified atom stereocenters. The lowest BCUT2D eigenvalue weighted by molar-refractivity contribution is -0.115. The number of nitrogens with zero attached hydrogens (tertiary/aromatic N) is 2. The summed E-state index contributed by atoms with van der Waals surface area (Å²) in [6.45, 7) is 2.89. The first kappa shape index (κ1) is 21.2. The molecule has 3 rings (SSSR count). The van der Waals surface area contributed by atoms with Gasteiger partial charge in [0.1, 0.15) is 18.9 Å². The first-order chi connectivity index (χ1) is 13.2. The van der Waals surface area contributed by atoms with Gasteiger partial charge in [0.05, 0.1) is 16.9 Å². The summed E-state index contributed by atoms with van der Waals surface area (Å²) in [7, 11) is 0. The number of aromatic nitrogens is 1. The Kier molecular flexibility index (Phi) is 6.97. The van der Waals surface area contributed by atoms with Crippen LogP contribution in [0.15, 0.2) is 42.6 Å². The molecule has 2 amide bonds. The highest BCUT2D eigenvalue weighted by molar-refractivity contribution is 6.15. The van der Waals surface area contributed by atoms with Gasteiger partial charge < -0.3 is 10.6 Å². The summed E-state index contributed by atoms with van der Waals surface area (Å²) in [6, 6.07) is 9.49. The number of fused-ring (bicyclic) bond motifs is 1. The summed E-state index contributed by atoms with van der Waals surface area (Å²) in [4.78, 5) is 29.5. The predicted molar refractivity (Wildman–Crippen MR) is 101 cm³/mol. The molecule has 1 aromatic carbocycles. The predicted octanol–water partition coefficient (Wildman–Crippen LogP) is 4.07. The Morgan fingerprint density at radius 2 is 1.89 bits per heavy atom. The maximum Gasteiger partial charge on any atom is 0.405 e. The first-order valence-electron chi connectivity index (χ1n) is 8.72. The zero-order chi connectivity index (χ0) is 20.7. The number of pyridine rings is 1. The molecule has 2 aromatic rings. The summed E-state index contributed by atoms with van der Waals surface area (Å²) in [5, 5.41) is 4.80. The second kappa shape index (κ2) is 9.20. The number of para-hydroxylation sites is 2. The van der Waals surface area contributed by atoms with Crippen LogP contribution >= 0.6 is 0 Å². The Bertz CT molecular complexity index is 823. The lowest BCUT2D eigenvalue weighted by atomic mass is 10.1. The molecular weight excluding hydrogens is 373 g/mol. The van der Waals surface area contributed by atoms with Gasteiger partial charge in [0.15, 0.2) is 0 Å². The van der Waals surface area contributed by atoms with E-state index in [2.05, 4.69) is 29.5 Å². The summed E-state index contributed by atoms with van der Waals surface area (Å²) in [6.07, 6.45) is -1.93. The number of alkyl halides is 3. The van der Waals surface area contributed by atoms with Crippen LogP contribution in [0.1, 0.15) is 30.6 Å². The zero-order valence-electron chi connectivity index (χ0n) is 15.5. The van der Waals surface area contributed by atoms with Crippen LogP contribution in [0.4, 0.5) is 30.4 Å². The van der Waals surface area contributed by atoms with E-state index in [4.69, 9.17) is 0 Å². The molecule has 2 N–H and O–H groups in total. The molecule has 1 aliphatic heterocycles. The van der Waals surface area contributed by atoms with Crippen LogP contribution in [0.25, 0.3) is 0 Å². The lowest BCUT2D eigenvalue weighted by Gasteiger charge is -2.29. The third-order valence-electron chi connectivity index (χ3n) is 3.50. The number of hydrogen-bond acceptors (Lipinski definition) is 4. The van der Waals surface area contributed by atoms with Gasteiger partial charge in [-0.05, 0) is 24.3 Å². The summed E-state index contributed by atoms with van der Waals surface area (Å²) in [5.74, 6) is -0.786. The molecule has 0 spiro atoms. The minimum absolute atomic E-state index is 0.00524. The Morgan fingerprint density at radius 1 is 1.21 bits per heavy atom. The van der Waals surface area contributed by atoms with Gasteiger partial charge in [-0.15, -0.1) is 0 Å². The van der Waals surface area contributed by atoms with Crippen molar-refractivity contribution in [2.24, 2.45) is 0 Å². The number of rotatable bonds is 3. The summed E-state index contributed by atoms with van der Waals surface area (Å²) in [5.41, 5.74) is 1.23. The number of amides is 2. The zero-order valence-corrected chi connectivity index (χ0v) is 15.5. The van der Waals surface area contributed by atoms with Gasteiger partial charge in [0, 0.05) is 6.20 Å². The van der Waals surface area contributed by atoms with E-state index in [1.54, 1.807) is 24.3 Å². The van der Waals surface area contributed by atoms with Crippen molar-refractivity contribution in [3.8, 4) is 0 Å². The average molecular weight is 394 g/mol. The molecule has 6 nitrogen and oxygen atoms in total. The molecule has 0 saturated heterocycles. The minimum Gasteiger partial charge on any atom is -0.361 e. The van der Waals surface area contributed by atoms with Crippen molar-refractivity contribution < 1.29 is 22.8 Å². The van der Waals surface area contributed by atoms with Crippen molar-refractivity contribution in [1.82, 2.24) is 4.98 Å². The van der Waals surface area contributed by atoms with Gasteiger partial charge in [-0.2, -0.15) is 13.2 Å². The van der Waals surface area contributed by atoms with Crippen LogP contribution in [0.3, 0.4) is 0 Å². The van der Waals surface area contributed by atoms with Gasteiger partial charge in [-0.3, -0.25) is 14.5 Å². The number of anilines is 3. The van der Waals surface area contributed by atoms with E-state index < -0.39 is 18.6 Å². The van der Waals surface area contributed by atoms with Gasteiger partial charge >= 0.3 is 6.18 Å². The molecule has 150 valence electrons. The molecule has 0 saturated carbocycles. The lowest BCUT2D eigenvalue weighted by Crippen LogP contribution is -2.42. The summed E-state index contributed by atoms with van der Waals surface area (Å²) >= 11 is 0. The minimum atomic E-state index is -4.36. The van der Waals surface area contributed by atoms with Crippen molar-refractivity contribution >= 4 is 29.0 Å². The number of carbonyl (C=O) groups is 2. The SMILES string of the molecule is CCC.O=C1CN(C(=O)c2ccc(NCC(F)(F)F)nc2)c2ccccc2N1. The van der Waals surface area contributed by atoms with Crippen LogP contribution in [0.2, 0.25) is 0 Å². The van der Waals surface area contributed by atoms with Gasteiger partial charge in [0.2, 0.25) is 5.91 Å². The third-order valence-corrected chi connectivity index (χ3v) is 3.50. The molecule has 0 atom stereocenters. The van der Waals surface area contributed by atoms with Crippen molar-refractivity contribution in [2.75, 3.05) is 28.6 Å². The maximum atomic E-state index is 12.6.